The third-order valence-corrected chi connectivity index (χ3v) is 7.38. The average Bonchev–Trinajstić information content (AvgIpc) is 2.94. The second-order valence-corrected chi connectivity index (χ2v) is 8.91. The van der Waals surface area contributed by atoms with Gasteiger partial charge in [0.1, 0.15) is 0 Å². The molecule has 0 spiro atoms. The van der Waals surface area contributed by atoms with Crippen molar-refractivity contribution in [2.75, 3.05) is 5.32 Å². The first-order chi connectivity index (χ1) is 14.2. The van der Waals surface area contributed by atoms with Crippen LogP contribution in [0.3, 0.4) is 0 Å². The van der Waals surface area contributed by atoms with E-state index in [1.165, 1.54) is 16.0 Å². The molecule has 0 amide bonds. The predicted molar refractivity (Wildman–Crippen MR) is 122 cm³/mol. The highest BCUT2D eigenvalue weighted by Gasteiger charge is 2.38. The van der Waals surface area contributed by atoms with Gasteiger partial charge in [0.05, 0.1) is 16.6 Å². The Morgan fingerprint density at radius 2 is 1.62 bits per heavy atom. The topological polar surface area (TPSA) is 29.1 Å². The number of carbonyl (C=O) groups excluding carboxylic acids is 1. The van der Waals surface area contributed by atoms with Gasteiger partial charge in [0, 0.05) is 21.6 Å². The average molecular weight is 398 g/mol. The molecule has 0 bridgehead atoms. The number of carbonyl (C=O) groups is 1. The molecule has 1 heterocycles. The van der Waals surface area contributed by atoms with E-state index in [4.69, 9.17) is 0 Å². The molecule has 2 atom stereocenters. The van der Waals surface area contributed by atoms with Crippen LogP contribution in [0.2, 0.25) is 0 Å². The first kappa shape index (κ1) is 18.3. The minimum atomic E-state index is -0.0352. The maximum absolute atomic E-state index is 13.4. The van der Waals surface area contributed by atoms with Crippen molar-refractivity contribution in [1.82, 2.24) is 0 Å². The van der Waals surface area contributed by atoms with E-state index >= 15 is 0 Å². The van der Waals surface area contributed by atoms with E-state index in [1.54, 1.807) is 11.8 Å². The second kappa shape index (κ2) is 7.23. The third kappa shape index (κ3) is 3.01. The van der Waals surface area contributed by atoms with E-state index in [0.717, 1.165) is 34.5 Å². The Bertz CT molecular complexity index is 1130. The number of hydrogen-bond acceptors (Lipinski definition) is 3. The lowest BCUT2D eigenvalue weighted by Crippen LogP contribution is -2.07. The monoisotopic (exact) mass is 397 g/mol. The Morgan fingerprint density at radius 3 is 2.38 bits per heavy atom. The highest BCUT2D eigenvalue weighted by molar-refractivity contribution is 8.00. The summed E-state index contributed by atoms with van der Waals surface area (Å²) in [6, 6.07) is 25.1. The molecular formula is C26H23NOS. The molecule has 3 heteroatoms. The maximum atomic E-state index is 13.4. The van der Waals surface area contributed by atoms with E-state index in [0.29, 0.717) is 5.92 Å². The molecular weight excluding hydrogens is 374 g/mol. The second-order valence-electron chi connectivity index (χ2n) is 7.76. The molecule has 0 fully saturated rings. The Hall–Kier alpha value is -2.78. The summed E-state index contributed by atoms with van der Waals surface area (Å²) in [5.74, 6) is 0.680. The number of Topliss-reactive ketones (excluding diaryl/α,β-unsaturated/α-hetero) is 1. The van der Waals surface area contributed by atoms with E-state index in [1.807, 2.05) is 30.3 Å². The summed E-state index contributed by atoms with van der Waals surface area (Å²) in [6.07, 6.45) is 1.12. The lowest BCUT2D eigenvalue weighted by atomic mass is 9.95. The fourth-order valence-electron chi connectivity index (χ4n) is 4.15. The number of hydrogen-bond donors (Lipinski definition) is 1. The van der Waals surface area contributed by atoms with E-state index in [9.17, 15) is 4.79 Å². The Kier molecular flexibility index (Phi) is 4.56. The van der Waals surface area contributed by atoms with Crippen molar-refractivity contribution in [1.29, 1.82) is 0 Å². The molecule has 144 valence electrons. The van der Waals surface area contributed by atoms with Crippen LogP contribution >= 0.6 is 11.8 Å². The van der Waals surface area contributed by atoms with Crippen LogP contribution in [0.5, 0.6) is 0 Å². The smallest absolute Gasteiger partial charge is 0.193 e. The summed E-state index contributed by atoms with van der Waals surface area (Å²) in [4.78, 5) is 14.6. The fraction of sp³-hybridized carbons (Fsp3) is 0.192. The lowest BCUT2D eigenvalue weighted by molar-refractivity contribution is 0.103. The Morgan fingerprint density at radius 1 is 0.931 bits per heavy atom. The highest BCUT2D eigenvalue weighted by atomic mass is 32.2. The first-order valence-electron chi connectivity index (χ1n) is 10.2. The van der Waals surface area contributed by atoms with Gasteiger partial charge in [-0.2, -0.15) is 0 Å². The van der Waals surface area contributed by atoms with E-state index in [2.05, 4.69) is 61.6 Å². The zero-order chi connectivity index (χ0) is 20.0. The largest absolute Gasteiger partial charge is 0.354 e. The molecule has 2 nitrogen and oxygen atoms in total. The van der Waals surface area contributed by atoms with Crippen LogP contribution in [-0.2, 0) is 0 Å². The van der Waals surface area contributed by atoms with Gasteiger partial charge in [0.25, 0.3) is 0 Å². The van der Waals surface area contributed by atoms with Gasteiger partial charge in [-0.25, -0.2) is 0 Å². The van der Waals surface area contributed by atoms with Crippen LogP contribution in [-0.4, -0.2) is 5.78 Å². The molecule has 0 saturated heterocycles. The summed E-state index contributed by atoms with van der Waals surface area (Å²) in [5.41, 5.74) is 7.21. The molecule has 3 aromatic carbocycles. The summed E-state index contributed by atoms with van der Waals surface area (Å²) < 4.78 is 0. The van der Waals surface area contributed by atoms with Gasteiger partial charge < -0.3 is 5.32 Å². The molecule has 2 aliphatic rings. The van der Waals surface area contributed by atoms with Crippen molar-refractivity contribution in [3.8, 4) is 0 Å². The van der Waals surface area contributed by atoms with Crippen LogP contribution < -0.4 is 5.32 Å². The van der Waals surface area contributed by atoms with Crippen molar-refractivity contribution in [3.05, 3.63) is 101 Å². The molecule has 5 rings (SSSR count). The van der Waals surface area contributed by atoms with Crippen LogP contribution in [0.15, 0.2) is 83.3 Å². The molecule has 0 aromatic heterocycles. The highest BCUT2D eigenvalue weighted by Crippen LogP contribution is 2.52. The Balaban J connectivity index is 1.66. The van der Waals surface area contributed by atoms with Gasteiger partial charge in [-0.3, -0.25) is 4.79 Å². The third-order valence-electron chi connectivity index (χ3n) is 6.03. The summed E-state index contributed by atoms with van der Waals surface area (Å²) in [5, 5.41) is 3.55. The number of ketones is 1. The zero-order valence-corrected chi connectivity index (χ0v) is 17.4. The van der Waals surface area contributed by atoms with Gasteiger partial charge in [0.2, 0.25) is 0 Å². The van der Waals surface area contributed by atoms with Gasteiger partial charge in [-0.15, -0.1) is 11.8 Å². The van der Waals surface area contributed by atoms with Gasteiger partial charge in [-0.05, 0) is 35.6 Å². The van der Waals surface area contributed by atoms with Crippen molar-refractivity contribution in [2.24, 2.45) is 0 Å². The van der Waals surface area contributed by atoms with E-state index < -0.39 is 0 Å². The molecule has 3 aromatic rings. The molecule has 0 radical (unpaired) electrons. The maximum Gasteiger partial charge on any atom is 0.193 e. The zero-order valence-electron chi connectivity index (χ0n) is 16.6. The lowest BCUT2D eigenvalue weighted by Gasteiger charge is -2.18. The van der Waals surface area contributed by atoms with Crippen LogP contribution in [0.1, 0.15) is 58.5 Å². The molecule has 1 aliphatic heterocycles. The van der Waals surface area contributed by atoms with Crippen molar-refractivity contribution in [3.63, 3.8) is 0 Å². The fourth-order valence-corrected chi connectivity index (χ4v) is 5.44. The summed E-state index contributed by atoms with van der Waals surface area (Å²) in [7, 11) is 0. The number of benzene rings is 3. The van der Waals surface area contributed by atoms with Crippen LogP contribution in [0, 0.1) is 0 Å². The van der Waals surface area contributed by atoms with Gasteiger partial charge in [-0.1, -0.05) is 74.5 Å². The number of para-hydroxylation sites is 1. The number of rotatable bonds is 3. The molecule has 1 N–H and O–H groups in total. The van der Waals surface area contributed by atoms with Crippen molar-refractivity contribution in [2.45, 2.75) is 36.3 Å². The Labute approximate surface area is 176 Å². The van der Waals surface area contributed by atoms with Gasteiger partial charge in [0.15, 0.2) is 5.78 Å². The quantitative estimate of drug-likeness (QED) is 0.512. The number of thioether (sulfide) groups is 1. The number of fused-ring (bicyclic) bond motifs is 3. The number of anilines is 1. The number of nitrogens with one attached hydrogen (secondary N) is 1. The summed E-state index contributed by atoms with van der Waals surface area (Å²) >= 11 is 1.76. The molecule has 0 unspecified atom stereocenters. The van der Waals surface area contributed by atoms with Crippen LogP contribution in [0.25, 0.3) is 5.70 Å². The molecule has 29 heavy (non-hydrogen) atoms. The van der Waals surface area contributed by atoms with Crippen molar-refractivity contribution >= 4 is 28.9 Å². The minimum Gasteiger partial charge on any atom is -0.354 e. The van der Waals surface area contributed by atoms with E-state index in [-0.39, 0.29) is 11.0 Å². The molecule has 0 saturated carbocycles. The standard InChI is InChI=1S/C26H23NOS/c1-3-16(2)17-12-14-18(15-13-17)26-23-24(19-8-4-5-9-20(19)25(23)28)27-21-10-6-7-11-22(21)29-26/h4-16,26-27H,3H2,1-2H3/t16-,26+/m0/s1. The van der Waals surface area contributed by atoms with Gasteiger partial charge >= 0.3 is 0 Å². The van der Waals surface area contributed by atoms with Crippen molar-refractivity contribution < 1.29 is 4.79 Å². The predicted octanol–water partition coefficient (Wildman–Crippen LogP) is 7.07. The SMILES string of the molecule is CC[C@H](C)c1ccc([C@H]2Sc3ccccc3NC3=C2C(=O)c2ccccc23)cc1. The first-order valence-corrected chi connectivity index (χ1v) is 11.1. The molecule has 1 aliphatic carbocycles. The van der Waals surface area contributed by atoms with Crippen LogP contribution in [0.4, 0.5) is 5.69 Å². The summed E-state index contributed by atoms with van der Waals surface area (Å²) in [6.45, 7) is 4.47. The minimum absolute atomic E-state index is 0.0352. The normalized spacial score (nSPS) is 18.4.